The Morgan fingerprint density at radius 3 is 2.96 bits per heavy atom. The van der Waals surface area contributed by atoms with Crippen molar-refractivity contribution >= 4 is 29.1 Å². The van der Waals surface area contributed by atoms with Gasteiger partial charge < -0.3 is 10.2 Å². The minimum atomic E-state index is -0.0822. The predicted octanol–water partition coefficient (Wildman–Crippen LogP) is 3.60. The van der Waals surface area contributed by atoms with Crippen molar-refractivity contribution in [1.82, 2.24) is 9.97 Å². The molecular formula is C18H21ClN4O. The SMILES string of the molecule is Cc1ccnc(N2CCC[C@@H](C(=O)Nc3cc(Cl)ccc3C)C2)n1. The molecule has 1 N–H and O–H groups in total. The van der Waals surface area contributed by atoms with Crippen molar-refractivity contribution in [2.45, 2.75) is 26.7 Å². The third-order valence-electron chi connectivity index (χ3n) is 4.31. The highest BCUT2D eigenvalue weighted by molar-refractivity contribution is 6.31. The number of benzene rings is 1. The highest BCUT2D eigenvalue weighted by atomic mass is 35.5. The molecule has 6 heteroatoms. The summed E-state index contributed by atoms with van der Waals surface area (Å²) in [6, 6.07) is 7.40. The first-order valence-corrected chi connectivity index (χ1v) is 8.52. The molecule has 24 heavy (non-hydrogen) atoms. The summed E-state index contributed by atoms with van der Waals surface area (Å²) in [5, 5.41) is 3.63. The van der Waals surface area contributed by atoms with Crippen LogP contribution in [0.25, 0.3) is 0 Å². The van der Waals surface area contributed by atoms with Gasteiger partial charge >= 0.3 is 0 Å². The largest absolute Gasteiger partial charge is 0.340 e. The average molecular weight is 345 g/mol. The fourth-order valence-electron chi connectivity index (χ4n) is 2.92. The molecule has 1 aromatic heterocycles. The van der Waals surface area contributed by atoms with Gasteiger partial charge in [0.05, 0.1) is 5.92 Å². The number of carbonyl (C=O) groups excluding carboxylic acids is 1. The van der Waals surface area contributed by atoms with E-state index in [4.69, 9.17) is 11.6 Å². The van der Waals surface area contributed by atoms with Crippen LogP contribution < -0.4 is 10.2 Å². The van der Waals surface area contributed by atoms with Gasteiger partial charge in [-0.15, -0.1) is 0 Å². The van der Waals surface area contributed by atoms with Gasteiger partial charge in [-0.2, -0.15) is 0 Å². The summed E-state index contributed by atoms with van der Waals surface area (Å²) < 4.78 is 0. The van der Waals surface area contributed by atoms with Crippen LogP contribution in [0.3, 0.4) is 0 Å². The normalized spacial score (nSPS) is 17.6. The second-order valence-electron chi connectivity index (χ2n) is 6.23. The molecule has 5 nitrogen and oxygen atoms in total. The summed E-state index contributed by atoms with van der Waals surface area (Å²) >= 11 is 6.03. The van der Waals surface area contributed by atoms with Crippen molar-refractivity contribution in [3.63, 3.8) is 0 Å². The Labute approximate surface area is 147 Å². The van der Waals surface area contributed by atoms with Crippen molar-refractivity contribution in [2.24, 2.45) is 5.92 Å². The van der Waals surface area contributed by atoms with Crippen LogP contribution in [0.1, 0.15) is 24.1 Å². The van der Waals surface area contributed by atoms with Crippen molar-refractivity contribution in [3.8, 4) is 0 Å². The summed E-state index contributed by atoms with van der Waals surface area (Å²) in [5.74, 6) is 0.644. The average Bonchev–Trinajstić information content (AvgIpc) is 2.58. The number of piperidine rings is 1. The molecule has 0 unspecified atom stereocenters. The summed E-state index contributed by atoms with van der Waals surface area (Å²) in [6.07, 6.45) is 3.58. The molecule has 1 aliphatic heterocycles. The van der Waals surface area contributed by atoms with Crippen LogP contribution in [0.4, 0.5) is 11.6 Å². The first-order valence-electron chi connectivity index (χ1n) is 8.14. The summed E-state index contributed by atoms with van der Waals surface area (Å²) in [6.45, 7) is 5.42. The van der Waals surface area contributed by atoms with Gasteiger partial charge in [-0.3, -0.25) is 4.79 Å². The molecule has 1 fully saturated rings. The number of aryl methyl sites for hydroxylation is 2. The van der Waals surface area contributed by atoms with E-state index < -0.39 is 0 Å². The van der Waals surface area contributed by atoms with E-state index in [0.717, 1.165) is 36.3 Å². The standard InChI is InChI=1S/C18H21ClN4O/c1-12-5-6-15(19)10-16(12)22-17(24)14-4-3-9-23(11-14)18-20-8-7-13(2)21-18/h5-8,10,14H,3-4,9,11H2,1-2H3,(H,22,24)/t14-/m1/s1. The third kappa shape index (κ3) is 3.85. The first kappa shape index (κ1) is 16.7. The lowest BCUT2D eigenvalue weighted by Crippen LogP contribution is -2.41. The van der Waals surface area contributed by atoms with E-state index in [1.165, 1.54) is 0 Å². The monoisotopic (exact) mass is 344 g/mol. The number of anilines is 2. The van der Waals surface area contributed by atoms with E-state index in [1.807, 2.05) is 32.0 Å². The maximum Gasteiger partial charge on any atom is 0.229 e. The van der Waals surface area contributed by atoms with Crippen LogP contribution in [0, 0.1) is 19.8 Å². The third-order valence-corrected chi connectivity index (χ3v) is 4.55. The topological polar surface area (TPSA) is 58.1 Å². The second kappa shape index (κ2) is 7.18. The van der Waals surface area contributed by atoms with Crippen molar-refractivity contribution in [3.05, 3.63) is 46.7 Å². The fourth-order valence-corrected chi connectivity index (χ4v) is 3.10. The molecule has 1 aromatic carbocycles. The highest BCUT2D eigenvalue weighted by Gasteiger charge is 2.27. The van der Waals surface area contributed by atoms with Crippen molar-refractivity contribution in [1.29, 1.82) is 0 Å². The number of amides is 1. The molecule has 1 aliphatic rings. The van der Waals surface area contributed by atoms with Gasteiger partial charge in [0.15, 0.2) is 0 Å². The molecule has 0 aliphatic carbocycles. The number of carbonyl (C=O) groups is 1. The van der Waals surface area contributed by atoms with Gasteiger partial charge in [0.2, 0.25) is 11.9 Å². The molecule has 1 amide bonds. The van der Waals surface area contributed by atoms with Crippen LogP contribution in [0.15, 0.2) is 30.5 Å². The van der Waals surface area contributed by atoms with E-state index in [9.17, 15) is 4.79 Å². The van der Waals surface area contributed by atoms with E-state index in [2.05, 4.69) is 20.2 Å². The molecule has 0 radical (unpaired) electrons. The molecule has 0 bridgehead atoms. The number of nitrogens with one attached hydrogen (secondary N) is 1. The number of hydrogen-bond acceptors (Lipinski definition) is 4. The quantitative estimate of drug-likeness (QED) is 0.924. The van der Waals surface area contributed by atoms with Crippen LogP contribution in [0.5, 0.6) is 0 Å². The molecule has 3 rings (SSSR count). The van der Waals surface area contributed by atoms with Gasteiger partial charge in [-0.05, 0) is 50.5 Å². The lowest BCUT2D eigenvalue weighted by molar-refractivity contribution is -0.120. The van der Waals surface area contributed by atoms with Gasteiger partial charge in [-0.1, -0.05) is 17.7 Å². The van der Waals surface area contributed by atoms with Crippen LogP contribution in [0.2, 0.25) is 5.02 Å². The number of hydrogen-bond donors (Lipinski definition) is 1. The van der Waals surface area contributed by atoms with Gasteiger partial charge in [0.25, 0.3) is 0 Å². The number of nitrogens with zero attached hydrogens (tertiary/aromatic N) is 3. The summed E-state index contributed by atoms with van der Waals surface area (Å²) in [4.78, 5) is 23.5. The molecule has 126 valence electrons. The van der Waals surface area contributed by atoms with E-state index in [1.54, 1.807) is 12.3 Å². The number of halogens is 1. The van der Waals surface area contributed by atoms with Gasteiger partial charge in [0, 0.05) is 35.7 Å². The summed E-state index contributed by atoms with van der Waals surface area (Å²) in [7, 11) is 0. The predicted molar refractivity (Wildman–Crippen MR) is 96.5 cm³/mol. The Hall–Kier alpha value is -2.14. The highest BCUT2D eigenvalue weighted by Crippen LogP contribution is 2.24. The zero-order valence-electron chi connectivity index (χ0n) is 13.9. The molecule has 0 saturated carbocycles. The Bertz CT molecular complexity index is 750. The van der Waals surface area contributed by atoms with Gasteiger partial charge in [0.1, 0.15) is 0 Å². The van der Waals surface area contributed by atoms with Crippen LogP contribution >= 0.6 is 11.6 Å². The fraction of sp³-hybridized carbons (Fsp3) is 0.389. The summed E-state index contributed by atoms with van der Waals surface area (Å²) in [5.41, 5.74) is 2.71. The van der Waals surface area contributed by atoms with E-state index in [0.29, 0.717) is 17.5 Å². The Morgan fingerprint density at radius 2 is 2.17 bits per heavy atom. The zero-order chi connectivity index (χ0) is 17.1. The Morgan fingerprint density at radius 1 is 1.33 bits per heavy atom. The van der Waals surface area contributed by atoms with E-state index >= 15 is 0 Å². The number of aromatic nitrogens is 2. The Kier molecular flexibility index (Phi) is 5.00. The minimum Gasteiger partial charge on any atom is -0.340 e. The molecule has 1 atom stereocenters. The molecule has 1 saturated heterocycles. The maximum atomic E-state index is 12.7. The lowest BCUT2D eigenvalue weighted by Gasteiger charge is -2.32. The smallest absolute Gasteiger partial charge is 0.229 e. The van der Waals surface area contributed by atoms with Crippen LogP contribution in [-0.2, 0) is 4.79 Å². The van der Waals surface area contributed by atoms with Crippen molar-refractivity contribution in [2.75, 3.05) is 23.3 Å². The Balaban J connectivity index is 1.70. The van der Waals surface area contributed by atoms with E-state index in [-0.39, 0.29) is 11.8 Å². The first-order chi connectivity index (χ1) is 11.5. The molecular weight excluding hydrogens is 324 g/mol. The molecule has 2 aromatic rings. The second-order valence-corrected chi connectivity index (χ2v) is 6.67. The van der Waals surface area contributed by atoms with Gasteiger partial charge in [-0.25, -0.2) is 9.97 Å². The zero-order valence-corrected chi connectivity index (χ0v) is 14.7. The molecule has 0 spiro atoms. The maximum absolute atomic E-state index is 12.7. The lowest BCUT2D eigenvalue weighted by atomic mass is 9.97. The molecule has 2 heterocycles. The van der Waals surface area contributed by atoms with Crippen molar-refractivity contribution < 1.29 is 4.79 Å². The number of rotatable bonds is 3. The minimum absolute atomic E-state index is 0.0257. The van der Waals surface area contributed by atoms with Crippen LogP contribution in [-0.4, -0.2) is 29.0 Å².